The van der Waals surface area contributed by atoms with E-state index in [9.17, 15) is 4.79 Å². The quantitative estimate of drug-likeness (QED) is 0.504. The first kappa shape index (κ1) is 23.2. The molecule has 1 aliphatic rings. The maximum Gasteiger partial charge on any atom is 0.273 e. The van der Waals surface area contributed by atoms with Crippen LogP contribution in [-0.4, -0.2) is 87.5 Å². The lowest BCUT2D eigenvalue weighted by Gasteiger charge is -2.29. The highest BCUT2D eigenvalue weighted by atomic mass is 16.5. The molecule has 9 nitrogen and oxygen atoms in total. The molecular formula is C22H32N4O5. The zero-order chi connectivity index (χ0) is 21.9. The number of methoxy groups -OCH3 is 2. The number of ether oxygens (including phenoxy) is 3. The SMILES string of the molecule is COCCNC(=O)c1coc(CN(CCN2CCOCC2)Cc2cccc(OC)c2)n1. The van der Waals surface area contributed by atoms with Crippen molar-refractivity contribution in [2.75, 3.05) is 66.8 Å². The van der Waals surface area contributed by atoms with Crippen LogP contribution in [0, 0.1) is 0 Å². The molecule has 2 aromatic rings. The van der Waals surface area contributed by atoms with Crippen LogP contribution in [0.15, 0.2) is 34.9 Å². The fourth-order valence-electron chi connectivity index (χ4n) is 3.39. The molecule has 1 N–H and O–H groups in total. The molecule has 3 rings (SSSR count). The maximum absolute atomic E-state index is 12.2. The number of amides is 1. The van der Waals surface area contributed by atoms with Crippen molar-refractivity contribution in [2.45, 2.75) is 13.1 Å². The Hall–Kier alpha value is -2.46. The van der Waals surface area contributed by atoms with E-state index in [1.807, 2.05) is 18.2 Å². The maximum atomic E-state index is 12.2. The Bertz CT molecular complexity index is 807. The summed E-state index contributed by atoms with van der Waals surface area (Å²) in [7, 11) is 3.26. The van der Waals surface area contributed by atoms with Crippen molar-refractivity contribution in [3.63, 3.8) is 0 Å². The molecule has 1 aliphatic heterocycles. The zero-order valence-electron chi connectivity index (χ0n) is 18.3. The summed E-state index contributed by atoms with van der Waals surface area (Å²) < 4.78 is 21.3. The largest absolute Gasteiger partial charge is 0.497 e. The summed E-state index contributed by atoms with van der Waals surface area (Å²) in [5, 5.41) is 2.75. The molecular weight excluding hydrogens is 400 g/mol. The molecule has 1 aromatic heterocycles. The highest BCUT2D eigenvalue weighted by Gasteiger charge is 2.17. The molecule has 9 heteroatoms. The third-order valence-electron chi connectivity index (χ3n) is 5.11. The van der Waals surface area contributed by atoms with Crippen molar-refractivity contribution in [2.24, 2.45) is 0 Å². The molecule has 2 heterocycles. The van der Waals surface area contributed by atoms with Gasteiger partial charge in [-0.3, -0.25) is 14.6 Å². The summed E-state index contributed by atoms with van der Waals surface area (Å²) in [5.41, 5.74) is 1.42. The van der Waals surface area contributed by atoms with Crippen LogP contribution in [0.5, 0.6) is 5.75 Å². The Labute approximate surface area is 183 Å². The van der Waals surface area contributed by atoms with Gasteiger partial charge in [-0.05, 0) is 17.7 Å². The van der Waals surface area contributed by atoms with Crippen LogP contribution < -0.4 is 10.1 Å². The van der Waals surface area contributed by atoms with Gasteiger partial charge in [0.2, 0.25) is 5.89 Å². The minimum Gasteiger partial charge on any atom is -0.497 e. The second-order valence-corrected chi connectivity index (χ2v) is 7.39. The van der Waals surface area contributed by atoms with E-state index in [1.54, 1.807) is 14.2 Å². The monoisotopic (exact) mass is 432 g/mol. The van der Waals surface area contributed by atoms with E-state index in [-0.39, 0.29) is 11.6 Å². The predicted molar refractivity (Wildman–Crippen MR) is 115 cm³/mol. The van der Waals surface area contributed by atoms with E-state index >= 15 is 0 Å². The number of carbonyl (C=O) groups is 1. The Morgan fingerprint density at radius 2 is 2.10 bits per heavy atom. The van der Waals surface area contributed by atoms with Gasteiger partial charge in [0.1, 0.15) is 12.0 Å². The van der Waals surface area contributed by atoms with Crippen molar-refractivity contribution in [1.82, 2.24) is 20.1 Å². The average molecular weight is 433 g/mol. The number of oxazole rings is 1. The number of benzene rings is 1. The van der Waals surface area contributed by atoms with Crippen LogP contribution in [0.1, 0.15) is 21.9 Å². The summed E-state index contributed by atoms with van der Waals surface area (Å²) in [6.07, 6.45) is 1.41. The van der Waals surface area contributed by atoms with Crippen LogP contribution in [0.3, 0.4) is 0 Å². The molecule has 0 bridgehead atoms. The van der Waals surface area contributed by atoms with E-state index in [1.165, 1.54) is 6.26 Å². The molecule has 1 saturated heterocycles. The minimum absolute atomic E-state index is 0.264. The first-order valence-corrected chi connectivity index (χ1v) is 10.5. The summed E-state index contributed by atoms with van der Waals surface area (Å²) in [6.45, 7) is 7.31. The van der Waals surface area contributed by atoms with Gasteiger partial charge >= 0.3 is 0 Å². The van der Waals surface area contributed by atoms with Crippen LogP contribution in [0.25, 0.3) is 0 Å². The van der Waals surface area contributed by atoms with Gasteiger partial charge in [-0.25, -0.2) is 4.98 Å². The standard InChI is InChI=1S/C22H32N4O5/c1-28-11-6-23-22(27)20-17-31-21(24-20)16-26(8-7-25-9-12-30-13-10-25)15-18-4-3-5-19(14-18)29-2/h3-5,14,17H,6-13,15-16H2,1-2H3,(H,23,27). The molecule has 0 aliphatic carbocycles. The van der Waals surface area contributed by atoms with Gasteiger partial charge in [0.15, 0.2) is 5.69 Å². The van der Waals surface area contributed by atoms with Gasteiger partial charge in [-0.1, -0.05) is 12.1 Å². The van der Waals surface area contributed by atoms with Crippen molar-refractivity contribution in [3.05, 3.63) is 47.7 Å². The summed E-state index contributed by atoms with van der Waals surface area (Å²) >= 11 is 0. The number of hydrogen-bond donors (Lipinski definition) is 1. The highest BCUT2D eigenvalue weighted by molar-refractivity contribution is 5.91. The molecule has 0 unspecified atom stereocenters. The second-order valence-electron chi connectivity index (χ2n) is 7.39. The zero-order valence-corrected chi connectivity index (χ0v) is 18.3. The Kier molecular flexibility index (Phi) is 9.29. The van der Waals surface area contributed by atoms with Gasteiger partial charge in [0.25, 0.3) is 5.91 Å². The number of rotatable bonds is 12. The molecule has 1 aromatic carbocycles. The van der Waals surface area contributed by atoms with Gasteiger partial charge in [-0.15, -0.1) is 0 Å². The Balaban J connectivity index is 1.63. The Morgan fingerprint density at radius 1 is 1.26 bits per heavy atom. The van der Waals surface area contributed by atoms with Crippen molar-refractivity contribution in [3.8, 4) is 5.75 Å². The number of nitrogens with zero attached hydrogens (tertiary/aromatic N) is 3. The predicted octanol–water partition coefficient (Wildman–Crippen LogP) is 1.39. The van der Waals surface area contributed by atoms with Crippen LogP contribution in [-0.2, 0) is 22.6 Å². The van der Waals surface area contributed by atoms with Gasteiger partial charge < -0.3 is 23.9 Å². The smallest absolute Gasteiger partial charge is 0.273 e. The summed E-state index contributed by atoms with van der Waals surface area (Å²) in [4.78, 5) is 21.2. The van der Waals surface area contributed by atoms with Gasteiger partial charge in [0.05, 0.1) is 33.5 Å². The third kappa shape index (κ3) is 7.62. The van der Waals surface area contributed by atoms with E-state index in [4.69, 9.17) is 18.6 Å². The van der Waals surface area contributed by atoms with E-state index < -0.39 is 0 Å². The molecule has 0 spiro atoms. The van der Waals surface area contributed by atoms with Crippen LogP contribution >= 0.6 is 0 Å². The van der Waals surface area contributed by atoms with E-state index in [0.717, 1.165) is 57.3 Å². The van der Waals surface area contributed by atoms with E-state index in [0.29, 0.717) is 25.6 Å². The van der Waals surface area contributed by atoms with Crippen molar-refractivity contribution < 1.29 is 23.4 Å². The van der Waals surface area contributed by atoms with Crippen LogP contribution in [0.2, 0.25) is 0 Å². The van der Waals surface area contributed by atoms with Crippen molar-refractivity contribution >= 4 is 5.91 Å². The van der Waals surface area contributed by atoms with Gasteiger partial charge in [-0.2, -0.15) is 0 Å². The molecule has 0 radical (unpaired) electrons. The molecule has 170 valence electrons. The fraction of sp³-hybridized carbons (Fsp3) is 0.545. The number of morpholine rings is 1. The molecule has 1 fully saturated rings. The molecule has 1 amide bonds. The van der Waals surface area contributed by atoms with E-state index in [2.05, 4.69) is 26.2 Å². The topological polar surface area (TPSA) is 89.3 Å². The first-order valence-electron chi connectivity index (χ1n) is 10.5. The molecule has 0 saturated carbocycles. The molecule has 0 atom stereocenters. The normalized spacial score (nSPS) is 14.7. The number of carbonyl (C=O) groups excluding carboxylic acids is 1. The molecule has 31 heavy (non-hydrogen) atoms. The summed E-state index contributed by atoms with van der Waals surface area (Å²) in [5.74, 6) is 1.08. The lowest BCUT2D eigenvalue weighted by Crippen LogP contribution is -2.41. The second kappa shape index (κ2) is 12.4. The lowest BCUT2D eigenvalue weighted by atomic mass is 10.2. The van der Waals surface area contributed by atoms with Crippen LogP contribution in [0.4, 0.5) is 0 Å². The Morgan fingerprint density at radius 3 is 2.87 bits per heavy atom. The third-order valence-corrected chi connectivity index (χ3v) is 5.11. The fourth-order valence-corrected chi connectivity index (χ4v) is 3.39. The number of nitrogens with one attached hydrogen (secondary N) is 1. The van der Waals surface area contributed by atoms with Crippen molar-refractivity contribution in [1.29, 1.82) is 0 Å². The average Bonchev–Trinajstić information content (AvgIpc) is 3.27. The summed E-state index contributed by atoms with van der Waals surface area (Å²) in [6, 6.07) is 8.03. The number of aromatic nitrogens is 1. The number of hydrogen-bond acceptors (Lipinski definition) is 8. The highest BCUT2D eigenvalue weighted by Crippen LogP contribution is 2.16. The lowest BCUT2D eigenvalue weighted by molar-refractivity contribution is 0.0320. The van der Waals surface area contributed by atoms with Gasteiger partial charge in [0, 0.05) is 46.4 Å². The minimum atomic E-state index is -0.264. The first-order chi connectivity index (χ1) is 15.2.